The summed E-state index contributed by atoms with van der Waals surface area (Å²) in [5.41, 5.74) is 1.47. The van der Waals surface area contributed by atoms with Crippen molar-refractivity contribution in [2.75, 3.05) is 0 Å². The average Bonchev–Trinajstić information content (AvgIpc) is 2.37. The van der Waals surface area contributed by atoms with Crippen molar-refractivity contribution in [3.05, 3.63) is 59.4 Å². The number of hydrogen-bond donors (Lipinski definition) is 0. The highest BCUT2D eigenvalue weighted by Crippen LogP contribution is 2.68. The topological polar surface area (TPSA) is 0 Å². The van der Waals surface area contributed by atoms with E-state index in [1.54, 1.807) is 5.31 Å². The molecule has 2 rings (SSSR count). The largest absolute Gasteiger partial charge is 0.0836 e. The zero-order chi connectivity index (χ0) is 15.7. The van der Waals surface area contributed by atoms with Crippen molar-refractivity contribution in [2.24, 2.45) is 0 Å². The minimum absolute atomic E-state index is 0.214. The second-order valence-corrected chi connectivity index (χ2v) is 11.8. The fourth-order valence-electron chi connectivity index (χ4n) is 3.62. The van der Waals surface area contributed by atoms with Crippen molar-refractivity contribution in [2.45, 2.75) is 64.2 Å². The predicted octanol–water partition coefficient (Wildman–Crippen LogP) is 6.69. The third-order valence-corrected chi connectivity index (χ3v) is 7.59. The molecule has 0 spiro atoms. The molecule has 1 aliphatic rings. The van der Waals surface area contributed by atoms with Crippen molar-refractivity contribution in [3.63, 3.8) is 0 Å². The Hall–Kier alpha value is -0.870. The summed E-state index contributed by atoms with van der Waals surface area (Å²) >= 11 is 0. The minimum atomic E-state index is -0.214. The van der Waals surface area contributed by atoms with Gasteiger partial charge >= 0.3 is 0 Å². The quantitative estimate of drug-likeness (QED) is 0.533. The molecule has 0 fully saturated rings. The van der Waals surface area contributed by atoms with Crippen LogP contribution in [0.1, 0.15) is 59.4 Å². The first-order valence-corrected chi connectivity index (χ1v) is 9.27. The van der Waals surface area contributed by atoms with Crippen LogP contribution in [0.4, 0.5) is 0 Å². The van der Waals surface area contributed by atoms with Crippen LogP contribution in [0.5, 0.6) is 0 Å². The summed E-state index contributed by atoms with van der Waals surface area (Å²) in [4.78, 5) is 0. The first-order chi connectivity index (χ1) is 9.71. The zero-order valence-electron chi connectivity index (χ0n) is 14.4. The predicted molar refractivity (Wildman–Crippen MR) is 97.4 cm³/mol. The van der Waals surface area contributed by atoms with E-state index >= 15 is 0 Å². The van der Waals surface area contributed by atoms with Gasteiger partial charge in [0.25, 0.3) is 0 Å². The van der Waals surface area contributed by atoms with Crippen LogP contribution in [0.25, 0.3) is 0 Å². The van der Waals surface area contributed by atoms with Crippen LogP contribution in [0.2, 0.25) is 0 Å². The van der Waals surface area contributed by atoms with Crippen molar-refractivity contribution in [1.29, 1.82) is 0 Å². The Morgan fingerprint density at radius 1 is 0.905 bits per heavy atom. The summed E-state index contributed by atoms with van der Waals surface area (Å²) < 4.78 is 0. The molecule has 21 heavy (non-hydrogen) atoms. The molecule has 0 saturated carbocycles. The van der Waals surface area contributed by atoms with Gasteiger partial charge in [-0.15, -0.1) is 0 Å². The van der Waals surface area contributed by atoms with Crippen LogP contribution in [0.3, 0.4) is 0 Å². The highest BCUT2D eigenvalue weighted by molar-refractivity contribution is 7.65. The van der Waals surface area contributed by atoms with Crippen LogP contribution in [-0.4, -0.2) is 10.3 Å². The Labute approximate surface area is 132 Å². The van der Waals surface area contributed by atoms with Crippen molar-refractivity contribution >= 4 is 7.92 Å². The van der Waals surface area contributed by atoms with Gasteiger partial charge in [-0.25, -0.2) is 0 Å². The van der Waals surface area contributed by atoms with E-state index in [2.05, 4.69) is 90.1 Å². The molecular weight excluding hydrogens is 271 g/mol. The second-order valence-electron chi connectivity index (χ2n) is 7.90. The number of allylic oxidation sites excluding steroid dienone is 4. The minimum Gasteiger partial charge on any atom is -0.0836 e. The number of benzene rings is 1. The third-order valence-electron chi connectivity index (χ3n) is 3.93. The summed E-state index contributed by atoms with van der Waals surface area (Å²) in [6.45, 7) is 14.4. The summed E-state index contributed by atoms with van der Waals surface area (Å²) in [5.74, 6) is 0.556. The Kier molecular flexibility index (Phi) is 4.79. The molecule has 1 aliphatic carbocycles. The molecule has 1 aromatic rings. The van der Waals surface area contributed by atoms with Gasteiger partial charge in [0.1, 0.15) is 0 Å². The molecule has 0 N–H and O–H groups in total. The maximum absolute atomic E-state index is 2.41. The Bertz CT molecular complexity index is 509. The lowest BCUT2D eigenvalue weighted by molar-refractivity contribution is 0.699. The van der Waals surface area contributed by atoms with Gasteiger partial charge in [-0.05, 0) is 27.6 Å². The van der Waals surface area contributed by atoms with E-state index in [0.29, 0.717) is 16.2 Å². The maximum Gasteiger partial charge on any atom is 0.0129 e. The first kappa shape index (κ1) is 16.5. The molecular formula is C20H29P. The first-order valence-electron chi connectivity index (χ1n) is 7.93. The summed E-state index contributed by atoms with van der Waals surface area (Å²) in [6, 6.07) is 11.0. The molecule has 1 heteroatoms. The molecule has 0 amide bonds. The molecule has 1 unspecified atom stereocenters. The summed E-state index contributed by atoms with van der Waals surface area (Å²) in [6.07, 6.45) is 8.13. The molecule has 1 aromatic carbocycles. The lowest BCUT2D eigenvalue weighted by Crippen LogP contribution is -2.27. The van der Waals surface area contributed by atoms with Crippen molar-refractivity contribution < 1.29 is 0 Å². The Balaban J connectivity index is 2.46. The fraction of sp³-hybridized carbons (Fsp3) is 0.500. The van der Waals surface area contributed by atoms with E-state index in [9.17, 15) is 0 Å². The van der Waals surface area contributed by atoms with Crippen LogP contribution >= 0.6 is 7.92 Å². The Morgan fingerprint density at radius 3 is 2.00 bits per heavy atom. The molecule has 1 atom stereocenters. The van der Waals surface area contributed by atoms with Gasteiger partial charge in [-0.3, -0.25) is 0 Å². The van der Waals surface area contributed by atoms with Crippen LogP contribution in [0.15, 0.2) is 53.9 Å². The summed E-state index contributed by atoms with van der Waals surface area (Å²) in [7, 11) is -0.214. The van der Waals surface area contributed by atoms with Gasteiger partial charge in [0.2, 0.25) is 0 Å². The molecule has 0 saturated heterocycles. The van der Waals surface area contributed by atoms with Crippen LogP contribution in [0, 0.1) is 0 Å². The number of hydrogen-bond acceptors (Lipinski definition) is 0. The molecule has 0 nitrogen and oxygen atoms in total. The number of rotatable bonds is 2. The van der Waals surface area contributed by atoms with Gasteiger partial charge in [0.15, 0.2) is 0 Å². The zero-order valence-corrected chi connectivity index (χ0v) is 15.2. The second kappa shape index (κ2) is 6.09. The van der Waals surface area contributed by atoms with Crippen LogP contribution < -0.4 is 0 Å². The lowest BCUT2D eigenvalue weighted by Gasteiger charge is -2.45. The van der Waals surface area contributed by atoms with E-state index in [1.165, 1.54) is 5.56 Å². The molecule has 0 aromatic heterocycles. The standard InChI is InChI=1S/C20H29P/c1-19(2,3)21(20(4,5)6)18-15-11-10-14-17(18)16-12-8-7-9-13-16/h7-13,15,17H,14H2,1-6H3. The van der Waals surface area contributed by atoms with E-state index in [1.807, 2.05) is 0 Å². The normalized spacial score (nSPS) is 19.8. The summed E-state index contributed by atoms with van der Waals surface area (Å²) in [5, 5.41) is 2.33. The van der Waals surface area contributed by atoms with Crippen molar-refractivity contribution in [1.82, 2.24) is 0 Å². The molecule has 0 bridgehead atoms. The van der Waals surface area contributed by atoms with Crippen molar-refractivity contribution in [3.8, 4) is 0 Å². The SMILES string of the molecule is CC(C)(C)P(C1=CC=CCC1c1ccccc1)C(C)(C)C. The highest BCUT2D eigenvalue weighted by Gasteiger charge is 2.39. The van der Waals surface area contributed by atoms with Crippen LogP contribution in [-0.2, 0) is 0 Å². The molecule has 114 valence electrons. The van der Waals surface area contributed by atoms with Gasteiger partial charge in [0, 0.05) is 5.92 Å². The lowest BCUT2D eigenvalue weighted by atomic mass is 9.92. The van der Waals surface area contributed by atoms with Gasteiger partial charge < -0.3 is 0 Å². The maximum atomic E-state index is 2.41. The molecule has 0 radical (unpaired) electrons. The Morgan fingerprint density at radius 2 is 1.48 bits per heavy atom. The average molecular weight is 300 g/mol. The third kappa shape index (κ3) is 3.86. The highest BCUT2D eigenvalue weighted by atomic mass is 31.1. The smallest absolute Gasteiger partial charge is 0.0129 e. The van der Waals surface area contributed by atoms with Gasteiger partial charge in [-0.2, -0.15) is 0 Å². The van der Waals surface area contributed by atoms with Gasteiger partial charge in [0.05, 0.1) is 0 Å². The van der Waals surface area contributed by atoms with E-state index in [4.69, 9.17) is 0 Å². The fourth-order valence-corrected chi connectivity index (χ4v) is 7.98. The van der Waals surface area contributed by atoms with E-state index < -0.39 is 0 Å². The molecule has 0 heterocycles. The van der Waals surface area contributed by atoms with E-state index in [-0.39, 0.29) is 7.92 Å². The molecule has 0 aliphatic heterocycles. The van der Waals surface area contributed by atoms with E-state index in [0.717, 1.165) is 6.42 Å². The monoisotopic (exact) mass is 300 g/mol. The van der Waals surface area contributed by atoms with Gasteiger partial charge in [-0.1, -0.05) is 98.0 Å².